The highest BCUT2D eigenvalue weighted by atomic mass is 79.9. The summed E-state index contributed by atoms with van der Waals surface area (Å²) in [5.41, 5.74) is 1.09. The normalized spacial score (nSPS) is 10.9. The molecule has 1 aromatic heterocycles. The van der Waals surface area contributed by atoms with Gasteiger partial charge in [0.15, 0.2) is 0 Å². The van der Waals surface area contributed by atoms with Crippen LogP contribution in [0.15, 0.2) is 109 Å². The summed E-state index contributed by atoms with van der Waals surface area (Å²) in [5, 5.41) is 4.82. The standard InChI is InChI=1S/C24H20ClNP.BrH/c25-24-16-17-26-18-20(24)19-27(21-10-4-1-5-11-21,22-12-6-2-7-13-22)23-14-8-3-9-15-23;/h1-18H,19H2;1H/q+1;/p-1. The van der Waals surface area contributed by atoms with Crippen molar-refractivity contribution in [2.75, 3.05) is 0 Å². The first-order valence-corrected chi connectivity index (χ1v) is 11.3. The van der Waals surface area contributed by atoms with Crippen LogP contribution in [0.5, 0.6) is 0 Å². The van der Waals surface area contributed by atoms with E-state index in [1.807, 2.05) is 12.3 Å². The molecule has 0 aliphatic carbocycles. The van der Waals surface area contributed by atoms with Crippen molar-refractivity contribution in [2.45, 2.75) is 6.16 Å². The molecule has 0 amide bonds. The molecular weight excluding hydrogens is 449 g/mol. The van der Waals surface area contributed by atoms with Gasteiger partial charge in [-0.1, -0.05) is 66.2 Å². The first kappa shape index (κ1) is 20.7. The van der Waals surface area contributed by atoms with Crippen molar-refractivity contribution in [3.63, 3.8) is 0 Å². The van der Waals surface area contributed by atoms with E-state index in [4.69, 9.17) is 11.6 Å². The van der Waals surface area contributed by atoms with E-state index >= 15 is 0 Å². The van der Waals surface area contributed by atoms with E-state index in [9.17, 15) is 0 Å². The summed E-state index contributed by atoms with van der Waals surface area (Å²) in [4.78, 5) is 4.34. The van der Waals surface area contributed by atoms with E-state index in [-0.39, 0.29) is 17.0 Å². The summed E-state index contributed by atoms with van der Waals surface area (Å²) in [6.07, 6.45) is 4.50. The van der Waals surface area contributed by atoms with Gasteiger partial charge in [0.2, 0.25) is 0 Å². The van der Waals surface area contributed by atoms with Crippen LogP contribution in [0.3, 0.4) is 0 Å². The van der Waals surface area contributed by atoms with E-state index in [0.717, 1.165) is 16.7 Å². The van der Waals surface area contributed by atoms with Gasteiger partial charge in [-0.25, -0.2) is 0 Å². The topological polar surface area (TPSA) is 12.9 Å². The minimum atomic E-state index is -1.93. The second-order valence-corrected chi connectivity index (χ2v) is 10.3. The van der Waals surface area contributed by atoms with Gasteiger partial charge >= 0.3 is 0 Å². The van der Waals surface area contributed by atoms with Gasteiger partial charge in [-0.15, -0.1) is 0 Å². The molecule has 0 bridgehead atoms. The Morgan fingerprint density at radius 2 is 1.07 bits per heavy atom. The summed E-state index contributed by atoms with van der Waals surface area (Å²) in [6, 6.07) is 34.3. The summed E-state index contributed by atoms with van der Waals surface area (Å²) < 4.78 is 0. The van der Waals surface area contributed by atoms with Crippen molar-refractivity contribution >= 4 is 34.8 Å². The number of benzene rings is 3. The smallest absolute Gasteiger partial charge is 0.116 e. The molecule has 4 aromatic rings. The van der Waals surface area contributed by atoms with Gasteiger partial charge in [-0.05, 0) is 42.5 Å². The number of hydrogen-bond acceptors (Lipinski definition) is 1. The summed E-state index contributed by atoms with van der Waals surface area (Å²) >= 11 is 6.57. The summed E-state index contributed by atoms with van der Waals surface area (Å²) in [6.45, 7) is 0. The molecule has 4 heteroatoms. The average molecular weight is 469 g/mol. The highest BCUT2D eigenvalue weighted by Crippen LogP contribution is 2.58. The minimum absolute atomic E-state index is 0. The Morgan fingerprint density at radius 3 is 1.46 bits per heavy atom. The highest BCUT2D eigenvalue weighted by Gasteiger charge is 2.45. The van der Waals surface area contributed by atoms with Crippen molar-refractivity contribution in [3.8, 4) is 0 Å². The Labute approximate surface area is 182 Å². The molecule has 0 spiro atoms. The predicted molar refractivity (Wildman–Crippen MR) is 118 cm³/mol. The number of hydrogen-bond donors (Lipinski definition) is 0. The Morgan fingerprint density at radius 1 is 0.643 bits per heavy atom. The second kappa shape index (κ2) is 9.47. The van der Waals surface area contributed by atoms with E-state index < -0.39 is 7.26 Å². The molecular formula is C24H20BrClNP. The molecule has 0 atom stereocenters. The second-order valence-electron chi connectivity index (χ2n) is 6.44. The number of rotatable bonds is 5. The third-order valence-electron chi connectivity index (χ3n) is 4.84. The zero-order valence-electron chi connectivity index (χ0n) is 15.2. The number of pyridine rings is 1. The van der Waals surface area contributed by atoms with E-state index in [2.05, 4.69) is 96.0 Å². The van der Waals surface area contributed by atoms with E-state index in [1.165, 1.54) is 15.9 Å². The molecule has 0 radical (unpaired) electrons. The molecule has 0 N–H and O–H groups in total. The monoisotopic (exact) mass is 467 g/mol. The molecule has 1 heterocycles. The van der Waals surface area contributed by atoms with E-state index in [0.29, 0.717) is 0 Å². The molecule has 4 rings (SSSR count). The van der Waals surface area contributed by atoms with Crippen LogP contribution in [0, 0.1) is 0 Å². The van der Waals surface area contributed by atoms with Crippen molar-refractivity contribution in [1.82, 2.24) is 4.98 Å². The largest absolute Gasteiger partial charge is 1.00 e. The molecule has 0 saturated carbocycles. The van der Waals surface area contributed by atoms with Crippen LogP contribution in [0.1, 0.15) is 5.56 Å². The Hall–Kier alpha value is -1.99. The van der Waals surface area contributed by atoms with Gasteiger partial charge in [0.05, 0.1) is 5.02 Å². The molecule has 0 fully saturated rings. The molecule has 0 aliphatic rings. The van der Waals surface area contributed by atoms with E-state index in [1.54, 1.807) is 6.20 Å². The van der Waals surface area contributed by atoms with Gasteiger partial charge in [0.25, 0.3) is 0 Å². The maximum absolute atomic E-state index is 6.57. The lowest BCUT2D eigenvalue weighted by Crippen LogP contribution is -3.00. The fourth-order valence-electron chi connectivity index (χ4n) is 3.55. The molecule has 3 aromatic carbocycles. The van der Waals surface area contributed by atoms with Gasteiger partial charge in [0, 0.05) is 18.0 Å². The third-order valence-corrected chi connectivity index (χ3v) is 9.57. The first-order chi connectivity index (χ1) is 13.3. The number of aromatic nitrogens is 1. The van der Waals surface area contributed by atoms with Crippen LogP contribution >= 0.6 is 18.9 Å². The van der Waals surface area contributed by atoms with Crippen molar-refractivity contribution in [1.29, 1.82) is 0 Å². The Kier molecular flexibility index (Phi) is 7.02. The van der Waals surface area contributed by atoms with Gasteiger partial charge in [0.1, 0.15) is 29.3 Å². The summed E-state index contributed by atoms with van der Waals surface area (Å²) in [5.74, 6) is 0. The summed E-state index contributed by atoms with van der Waals surface area (Å²) in [7, 11) is -1.93. The lowest BCUT2D eigenvalue weighted by Gasteiger charge is -2.28. The maximum atomic E-state index is 6.57. The Bertz CT molecular complexity index is 914. The van der Waals surface area contributed by atoms with Crippen molar-refractivity contribution in [3.05, 3.63) is 120 Å². The molecule has 28 heavy (non-hydrogen) atoms. The van der Waals surface area contributed by atoms with Crippen LogP contribution in [0.4, 0.5) is 0 Å². The molecule has 1 nitrogen and oxygen atoms in total. The lowest BCUT2D eigenvalue weighted by molar-refractivity contribution is -0.00000520. The molecule has 0 unspecified atom stereocenters. The van der Waals surface area contributed by atoms with Gasteiger partial charge < -0.3 is 17.0 Å². The zero-order valence-corrected chi connectivity index (χ0v) is 18.5. The van der Waals surface area contributed by atoms with Gasteiger partial charge in [-0.3, -0.25) is 4.98 Å². The maximum Gasteiger partial charge on any atom is 0.116 e. The van der Waals surface area contributed by atoms with Crippen LogP contribution in [0.25, 0.3) is 0 Å². The third kappa shape index (κ3) is 4.05. The van der Waals surface area contributed by atoms with Gasteiger partial charge in [-0.2, -0.15) is 0 Å². The lowest BCUT2D eigenvalue weighted by atomic mass is 10.3. The highest BCUT2D eigenvalue weighted by molar-refractivity contribution is 7.95. The van der Waals surface area contributed by atoms with Crippen LogP contribution in [0.2, 0.25) is 5.02 Å². The predicted octanol–water partition coefficient (Wildman–Crippen LogP) is 2.23. The quantitative estimate of drug-likeness (QED) is 0.410. The Balaban J connectivity index is 0.00000225. The van der Waals surface area contributed by atoms with Crippen molar-refractivity contribution in [2.24, 2.45) is 0 Å². The van der Waals surface area contributed by atoms with Crippen LogP contribution in [-0.4, -0.2) is 4.98 Å². The fraction of sp³-hybridized carbons (Fsp3) is 0.0417. The molecule has 140 valence electrons. The number of nitrogens with zero attached hydrogens (tertiary/aromatic N) is 1. The van der Waals surface area contributed by atoms with Crippen LogP contribution in [-0.2, 0) is 6.16 Å². The number of halogens is 2. The molecule has 0 aliphatic heterocycles. The van der Waals surface area contributed by atoms with Crippen molar-refractivity contribution < 1.29 is 17.0 Å². The minimum Gasteiger partial charge on any atom is -1.00 e. The zero-order chi connectivity index (χ0) is 18.5. The fourth-order valence-corrected chi connectivity index (χ4v) is 8.06. The first-order valence-electron chi connectivity index (χ1n) is 8.94. The average Bonchev–Trinajstić information content (AvgIpc) is 2.75. The molecule has 0 saturated heterocycles. The van der Waals surface area contributed by atoms with Crippen LogP contribution < -0.4 is 32.9 Å². The SMILES string of the molecule is Clc1ccncc1C[P+](c1ccccc1)(c1ccccc1)c1ccccc1.[Br-].